The first-order valence-corrected chi connectivity index (χ1v) is 23.5. The Bertz CT molecular complexity index is 1300. The van der Waals surface area contributed by atoms with Crippen molar-refractivity contribution in [3.63, 3.8) is 0 Å². The van der Waals surface area contributed by atoms with Gasteiger partial charge in [-0.25, -0.2) is 4.57 Å². The van der Waals surface area contributed by atoms with Crippen molar-refractivity contribution >= 4 is 19.8 Å². The summed E-state index contributed by atoms with van der Waals surface area (Å²) >= 11 is 0. The number of likely N-dealkylation sites (N-methyl/N-ethyl adjacent to an activating group) is 1. The molecule has 0 spiro atoms. The van der Waals surface area contributed by atoms with Crippen molar-refractivity contribution in [1.29, 1.82) is 0 Å². The molecule has 0 aliphatic heterocycles. The quantitative estimate of drug-likeness (QED) is 0.0215. The topological polar surface area (TPSA) is 108 Å². The van der Waals surface area contributed by atoms with E-state index in [1.54, 1.807) is 0 Å². The van der Waals surface area contributed by atoms with Crippen LogP contribution in [0.1, 0.15) is 142 Å². The SMILES string of the molecule is CC/C=C\C/C=C\C/C=C\C/C=C\C/C=C\C/C=C\CCCCC(=O)OC(COC(=O)CCCCCCC/C=C\C/C=C\CCC)COP(=O)(O)OCC[N+](C)(C)C. The van der Waals surface area contributed by atoms with Crippen molar-refractivity contribution in [2.75, 3.05) is 47.5 Å². The number of rotatable bonds is 38. The standard InChI is InChI=1S/C48H80NO8P/c1-6-8-10-12-14-16-18-20-21-22-23-24-25-26-27-29-31-33-35-37-39-41-48(51)57-46(45-56-58(52,53)55-43-42-49(3,4)5)44-54-47(50)40-38-36-34-32-30-28-19-17-15-13-11-9-7-2/h8,10-11,13-14,16-17,19-21,23-24,26-27,31,33,46H,6-7,9,12,15,18,22,25,28-30,32,34-45H2,1-5H3/p+1/b10-8-,13-11-,16-14-,19-17-,21-20-,24-23-,27-26-,33-31-. The van der Waals surface area contributed by atoms with Crippen LogP contribution in [0.2, 0.25) is 0 Å². The molecule has 9 nitrogen and oxygen atoms in total. The predicted molar refractivity (Wildman–Crippen MR) is 242 cm³/mol. The van der Waals surface area contributed by atoms with Crippen LogP contribution in [0.3, 0.4) is 0 Å². The number of phosphoric ester groups is 1. The number of carbonyl (C=O) groups excluding carboxylic acids is 2. The van der Waals surface area contributed by atoms with E-state index in [-0.39, 0.29) is 26.1 Å². The molecule has 0 aromatic rings. The number of carbonyl (C=O) groups is 2. The van der Waals surface area contributed by atoms with Gasteiger partial charge in [0.25, 0.3) is 0 Å². The number of ether oxygens (including phenoxy) is 2. The van der Waals surface area contributed by atoms with E-state index in [0.29, 0.717) is 23.9 Å². The zero-order valence-electron chi connectivity index (χ0n) is 37.0. The Kier molecular flexibility index (Phi) is 37.3. The van der Waals surface area contributed by atoms with Crippen molar-refractivity contribution in [2.24, 2.45) is 0 Å². The molecule has 0 bridgehead atoms. The first-order chi connectivity index (χ1) is 28.0. The van der Waals surface area contributed by atoms with E-state index in [0.717, 1.165) is 96.3 Å². The van der Waals surface area contributed by atoms with E-state index in [1.165, 1.54) is 6.42 Å². The predicted octanol–water partition coefficient (Wildman–Crippen LogP) is 12.6. The lowest BCUT2D eigenvalue weighted by Crippen LogP contribution is -2.37. The van der Waals surface area contributed by atoms with Gasteiger partial charge in [0.1, 0.15) is 19.8 Å². The van der Waals surface area contributed by atoms with Crippen LogP contribution in [0.25, 0.3) is 0 Å². The third kappa shape index (κ3) is 42.5. The Balaban J connectivity index is 4.48. The summed E-state index contributed by atoms with van der Waals surface area (Å²) in [5.41, 5.74) is 0. The molecule has 0 aliphatic rings. The number of quaternary nitrogens is 1. The normalized spacial score (nSPS) is 14.5. The summed E-state index contributed by atoms with van der Waals surface area (Å²) in [6.45, 7) is 4.14. The lowest BCUT2D eigenvalue weighted by atomic mass is 10.1. The van der Waals surface area contributed by atoms with E-state index in [9.17, 15) is 19.0 Å². The Labute approximate surface area is 353 Å². The molecule has 0 fully saturated rings. The number of hydrogen-bond donors (Lipinski definition) is 1. The molecule has 1 N–H and O–H groups in total. The maximum Gasteiger partial charge on any atom is 0.472 e. The minimum Gasteiger partial charge on any atom is -0.462 e. The van der Waals surface area contributed by atoms with Gasteiger partial charge < -0.3 is 18.9 Å². The highest BCUT2D eigenvalue weighted by Gasteiger charge is 2.27. The molecule has 0 amide bonds. The van der Waals surface area contributed by atoms with Gasteiger partial charge in [-0.15, -0.1) is 0 Å². The van der Waals surface area contributed by atoms with Gasteiger partial charge in [0.05, 0.1) is 27.7 Å². The van der Waals surface area contributed by atoms with Crippen molar-refractivity contribution in [1.82, 2.24) is 0 Å². The zero-order chi connectivity index (χ0) is 42.8. The fourth-order valence-electron chi connectivity index (χ4n) is 5.17. The van der Waals surface area contributed by atoms with E-state index < -0.39 is 32.5 Å². The highest BCUT2D eigenvalue weighted by molar-refractivity contribution is 7.47. The van der Waals surface area contributed by atoms with E-state index in [1.807, 2.05) is 21.1 Å². The minimum atomic E-state index is -4.40. The second kappa shape index (κ2) is 39.4. The van der Waals surface area contributed by atoms with Crippen molar-refractivity contribution in [3.8, 4) is 0 Å². The molecule has 58 heavy (non-hydrogen) atoms. The average molecular weight is 831 g/mol. The largest absolute Gasteiger partial charge is 0.472 e. The molecule has 0 aliphatic carbocycles. The van der Waals surface area contributed by atoms with Gasteiger partial charge in [-0.1, -0.05) is 137 Å². The number of unbranched alkanes of at least 4 members (excludes halogenated alkanes) is 8. The number of phosphoric acid groups is 1. The summed E-state index contributed by atoms with van der Waals surface area (Å²) < 4.78 is 34.2. The van der Waals surface area contributed by atoms with Gasteiger partial charge in [0, 0.05) is 12.8 Å². The number of nitrogens with zero attached hydrogens (tertiary/aromatic N) is 1. The van der Waals surface area contributed by atoms with Crippen LogP contribution in [0, 0.1) is 0 Å². The van der Waals surface area contributed by atoms with Gasteiger partial charge in [-0.3, -0.25) is 18.6 Å². The molecule has 2 atom stereocenters. The highest BCUT2D eigenvalue weighted by Crippen LogP contribution is 2.43. The minimum absolute atomic E-state index is 0.0148. The third-order valence-corrected chi connectivity index (χ3v) is 9.56. The van der Waals surface area contributed by atoms with Crippen LogP contribution < -0.4 is 0 Å². The van der Waals surface area contributed by atoms with Crippen LogP contribution in [0.4, 0.5) is 0 Å². The molecule has 10 heteroatoms. The lowest BCUT2D eigenvalue weighted by Gasteiger charge is -2.24. The maximum atomic E-state index is 12.7. The summed E-state index contributed by atoms with van der Waals surface area (Å²) in [6.07, 6.45) is 51.7. The molecule has 0 aromatic carbocycles. The Morgan fingerprint density at radius 3 is 1.50 bits per heavy atom. The molecular formula is C48H81NO8P+. The fourth-order valence-corrected chi connectivity index (χ4v) is 5.91. The van der Waals surface area contributed by atoms with E-state index in [4.69, 9.17) is 18.5 Å². The second-order valence-electron chi connectivity index (χ2n) is 15.3. The van der Waals surface area contributed by atoms with Crippen molar-refractivity contribution < 1.29 is 42.1 Å². The summed E-state index contributed by atoms with van der Waals surface area (Å²) in [6, 6.07) is 0. The molecular weight excluding hydrogens is 750 g/mol. The summed E-state index contributed by atoms with van der Waals surface area (Å²) in [5, 5.41) is 0. The van der Waals surface area contributed by atoms with Gasteiger partial charge in [0.15, 0.2) is 6.10 Å². The van der Waals surface area contributed by atoms with Gasteiger partial charge in [-0.05, 0) is 89.9 Å². The van der Waals surface area contributed by atoms with E-state index in [2.05, 4.69) is 111 Å². The number of esters is 2. The summed E-state index contributed by atoms with van der Waals surface area (Å²) in [5.74, 6) is -0.878. The van der Waals surface area contributed by atoms with Crippen molar-refractivity contribution in [2.45, 2.75) is 148 Å². The smallest absolute Gasteiger partial charge is 0.462 e. The third-order valence-electron chi connectivity index (χ3n) is 8.58. The van der Waals surface area contributed by atoms with Crippen LogP contribution in [-0.2, 0) is 32.7 Å². The monoisotopic (exact) mass is 831 g/mol. The molecule has 0 radical (unpaired) electrons. The average Bonchev–Trinajstić information content (AvgIpc) is 3.17. The molecule has 0 rings (SSSR count). The molecule has 0 heterocycles. The molecule has 0 aromatic heterocycles. The zero-order valence-corrected chi connectivity index (χ0v) is 37.9. The number of allylic oxidation sites excluding steroid dienone is 16. The second-order valence-corrected chi connectivity index (χ2v) is 16.8. The van der Waals surface area contributed by atoms with Gasteiger partial charge >= 0.3 is 19.8 Å². The Hall–Kier alpha value is -3.07. The maximum absolute atomic E-state index is 12.7. The summed E-state index contributed by atoms with van der Waals surface area (Å²) in [4.78, 5) is 35.3. The molecule has 0 saturated carbocycles. The van der Waals surface area contributed by atoms with Crippen molar-refractivity contribution in [3.05, 3.63) is 97.2 Å². The summed E-state index contributed by atoms with van der Waals surface area (Å²) in [7, 11) is 1.42. The van der Waals surface area contributed by atoms with Gasteiger partial charge in [-0.2, -0.15) is 0 Å². The number of hydrogen-bond acceptors (Lipinski definition) is 7. The van der Waals surface area contributed by atoms with Crippen LogP contribution in [0.5, 0.6) is 0 Å². The van der Waals surface area contributed by atoms with E-state index >= 15 is 0 Å². The van der Waals surface area contributed by atoms with Crippen LogP contribution >= 0.6 is 7.82 Å². The fraction of sp³-hybridized carbons (Fsp3) is 0.625. The Morgan fingerprint density at radius 2 is 0.983 bits per heavy atom. The molecule has 0 saturated heterocycles. The first-order valence-electron chi connectivity index (χ1n) is 22.0. The molecule has 330 valence electrons. The Morgan fingerprint density at radius 1 is 0.552 bits per heavy atom. The van der Waals surface area contributed by atoms with Crippen LogP contribution in [-0.4, -0.2) is 74.9 Å². The first kappa shape index (κ1) is 54.9. The molecule has 2 unspecified atom stereocenters. The highest BCUT2D eigenvalue weighted by atomic mass is 31.2. The lowest BCUT2D eigenvalue weighted by molar-refractivity contribution is -0.870. The van der Waals surface area contributed by atoms with Crippen LogP contribution in [0.15, 0.2) is 97.2 Å². The van der Waals surface area contributed by atoms with Gasteiger partial charge in [0.2, 0.25) is 0 Å².